The smallest absolute Gasteiger partial charge is 0.146 e. The van der Waals surface area contributed by atoms with Crippen LogP contribution in [0.3, 0.4) is 0 Å². The predicted molar refractivity (Wildman–Crippen MR) is 92.2 cm³/mol. The molecule has 1 aliphatic heterocycles. The highest BCUT2D eigenvalue weighted by Gasteiger charge is 2.31. The Balaban J connectivity index is 1.66. The summed E-state index contributed by atoms with van der Waals surface area (Å²) in [5.74, 6) is 0.574. The van der Waals surface area contributed by atoms with Crippen molar-refractivity contribution in [2.24, 2.45) is 5.92 Å². The van der Waals surface area contributed by atoms with Gasteiger partial charge in [-0.05, 0) is 69.1 Å². The first-order valence-corrected chi connectivity index (χ1v) is 9.10. The van der Waals surface area contributed by atoms with Crippen LogP contribution in [0.25, 0.3) is 0 Å². The number of nitrogens with zero attached hydrogens (tertiary/aromatic N) is 1. The van der Waals surface area contributed by atoms with E-state index in [4.69, 9.17) is 0 Å². The molecule has 3 nitrogen and oxygen atoms in total. The quantitative estimate of drug-likeness (QED) is 0.805. The normalized spacial score (nSPS) is 21.3. The Morgan fingerprint density at radius 1 is 1.26 bits per heavy atom. The fraction of sp³-hybridized carbons (Fsp3) is 0.684. The van der Waals surface area contributed by atoms with Crippen molar-refractivity contribution in [3.8, 4) is 0 Å². The second-order valence-corrected chi connectivity index (χ2v) is 7.10. The lowest BCUT2D eigenvalue weighted by Crippen LogP contribution is -2.34. The van der Waals surface area contributed by atoms with Crippen LogP contribution in [0.5, 0.6) is 0 Å². The van der Waals surface area contributed by atoms with Crippen LogP contribution in [0, 0.1) is 11.7 Å². The average molecular weight is 320 g/mol. The Bertz CT molecular complexity index is 512. The first-order chi connectivity index (χ1) is 11.2. The van der Waals surface area contributed by atoms with E-state index in [-0.39, 0.29) is 18.5 Å². The molecule has 23 heavy (non-hydrogen) atoms. The fourth-order valence-corrected chi connectivity index (χ4v) is 3.69. The number of piperidine rings is 1. The molecule has 2 fully saturated rings. The third-order valence-corrected chi connectivity index (χ3v) is 5.26. The maximum Gasteiger partial charge on any atom is 0.146 e. The highest BCUT2D eigenvalue weighted by Crippen LogP contribution is 2.35. The number of hydrogen-bond acceptors (Lipinski definition) is 3. The molecule has 3 rings (SSSR count). The standard InChI is InChI=1S/C19H29FN2O/c1-14(21-18(9-12-23)15-5-6-15)16-7-8-19(17(20)13-16)22-10-3-2-4-11-22/h7-8,13-15,18,21,23H,2-6,9-12H2,1H3. The van der Waals surface area contributed by atoms with E-state index in [0.717, 1.165) is 43.6 Å². The Morgan fingerprint density at radius 3 is 2.61 bits per heavy atom. The van der Waals surface area contributed by atoms with Gasteiger partial charge in [-0.2, -0.15) is 0 Å². The number of anilines is 1. The van der Waals surface area contributed by atoms with Crippen molar-refractivity contribution in [2.75, 3.05) is 24.6 Å². The Kier molecular flexibility index (Phi) is 5.54. The van der Waals surface area contributed by atoms with Gasteiger partial charge in [0, 0.05) is 31.8 Å². The van der Waals surface area contributed by atoms with Crippen LogP contribution < -0.4 is 10.2 Å². The molecule has 4 heteroatoms. The molecule has 1 aromatic carbocycles. The second kappa shape index (κ2) is 7.63. The fourth-order valence-electron chi connectivity index (χ4n) is 3.69. The molecule has 0 bridgehead atoms. The molecule has 1 aromatic rings. The molecule has 2 aliphatic rings. The van der Waals surface area contributed by atoms with Crippen molar-refractivity contribution >= 4 is 5.69 Å². The van der Waals surface area contributed by atoms with Gasteiger partial charge in [-0.3, -0.25) is 0 Å². The number of rotatable bonds is 7. The molecule has 1 heterocycles. The maximum atomic E-state index is 14.5. The summed E-state index contributed by atoms with van der Waals surface area (Å²) in [4.78, 5) is 2.17. The zero-order chi connectivity index (χ0) is 16.2. The van der Waals surface area contributed by atoms with Crippen LogP contribution in [0.1, 0.15) is 57.1 Å². The van der Waals surface area contributed by atoms with Crippen molar-refractivity contribution in [2.45, 2.75) is 57.5 Å². The molecule has 1 saturated heterocycles. The number of nitrogens with one attached hydrogen (secondary N) is 1. The van der Waals surface area contributed by atoms with Crippen molar-refractivity contribution in [3.05, 3.63) is 29.6 Å². The van der Waals surface area contributed by atoms with Gasteiger partial charge in [-0.15, -0.1) is 0 Å². The molecular weight excluding hydrogens is 291 g/mol. The van der Waals surface area contributed by atoms with Crippen molar-refractivity contribution in [1.29, 1.82) is 0 Å². The molecule has 2 atom stereocenters. The molecule has 0 aromatic heterocycles. The Labute approximate surface area is 138 Å². The van der Waals surface area contributed by atoms with Crippen LogP contribution >= 0.6 is 0 Å². The van der Waals surface area contributed by atoms with Gasteiger partial charge in [0.15, 0.2) is 0 Å². The van der Waals surface area contributed by atoms with Gasteiger partial charge in [0.1, 0.15) is 5.82 Å². The number of halogens is 1. The second-order valence-electron chi connectivity index (χ2n) is 7.10. The minimum absolute atomic E-state index is 0.108. The van der Waals surface area contributed by atoms with Crippen molar-refractivity contribution < 1.29 is 9.50 Å². The summed E-state index contributed by atoms with van der Waals surface area (Å²) in [6.45, 7) is 4.22. The molecule has 128 valence electrons. The van der Waals surface area contributed by atoms with E-state index in [1.54, 1.807) is 6.07 Å². The zero-order valence-electron chi connectivity index (χ0n) is 14.1. The lowest BCUT2D eigenvalue weighted by molar-refractivity contribution is 0.250. The van der Waals surface area contributed by atoms with E-state index >= 15 is 0 Å². The van der Waals surface area contributed by atoms with E-state index in [1.165, 1.54) is 19.3 Å². The van der Waals surface area contributed by atoms with E-state index in [2.05, 4.69) is 17.1 Å². The first-order valence-electron chi connectivity index (χ1n) is 9.10. The van der Waals surface area contributed by atoms with Crippen molar-refractivity contribution in [1.82, 2.24) is 5.32 Å². The van der Waals surface area contributed by atoms with Gasteiger partial charge in [0.25, 0.3) is 0 Å². The highest BCUT2D eigenvalue weighted by atomic mass is 19.1. The summed E-state index contributed by atoms with van der Waals surface area (Å²) in [5.41, 5.74) is 1.74. The minimum atomic E-state index is -0.108. The summed E-state index contributed by atoms with van der Waals surface area (Å²) in [6.07, 6.45) is 6.83. The number of aliphatic hydroxyl groups excluding tert-OH is 1. The molecule has 0 spiro atoms. The van der Waals surface area contributed by atoms with Crippen LogP contribution in [0.2, 0.25) is 0 Å². The predicted octanol–water partition coefficient (Wildman–Crippen LogP) is 3.63. The molecule has 2 unspecified atom stereocenters. The topological polar surface area (TPSA) is 35.5 Å². The number of hydrogen-bond donors (Lipinski definition) is 2. The number of aliphatic hydroxyl groups is 1. The third kappa shape index (κ3) is 4.24. The summed E-state index contributed by atoms with van der Waals surface area (Å²) in [6, 6.07) is 6.13. The van der Waals surface area contributed by atoms with Gasteiger partial charge in [-0.1, -0.05) is 6.07 Å². The van der Waals surface area contributed by atoms with Crippen LogP contribution in [0.15, 0.2) is 18.2 Å². The van der Waals surface area contributed by atoms with E-state index in [9.17, 15) is 9.50 Å². The van der Waals surface area contributed by atoms with Gasteiger partial charge in [0.05, 0.1) is 5.69 Å². The molecule has 1 aliphatic carbocycles. The van der Waals surface area contributed by atoms with Gasteiger partial charge >= 0.3 is 0 Å². The van der Waals surface area contributed by atoms with Gasteiger partial charge in [0.2, 0.25) is 0 Å². The van der Waals surface area contributed by atoms with Crippen LogP contribution in [-0.2, 0) is 0 Å². The lowest BCUT2D eigenvalue weighted by atomic mass is 10.0. The summed E-state index contributed by atoms with van der Waals surface area (Å²) < 4.78 is 14.5. The summed E-state index contributed by atoms with van der Waals surface area (Å²) in [7, 11) is 0. The monoisotopic (exact) mass is 320 g/mol. The molecular formula is C19H29FN2O. The summed E-state index contributed by atoms with van der Waals surface area (Å²) >= 11 is 0. The van der Waals surface area contributed by atoms with E-state index in [1.807, 2.05) is 12.1 Å². The SMILES string of the molecule is CC(NC(CCO)C1CC1)c1ccc(N2CCCCC2)c(F)c1. The maximum absolute atomic E-state index is 14.5. The average Bonchev–Trinajstić information content (AvgIpc) is 3.40. The Hall–Kier alpha value is -1.13. The number of benzene rings is 1. The van der Waals surface area contributed by atoms with E-state index < -0.39 is 0 Å². The molecule has 0 radical (unpaired) electrons. The van der Waals surface area contributed by atoms with E-state index in [0.29, 0.717) is 12.0 Å². The van der Waals surface area contributed by atoms with Gasteiger partial charge < -0.3 is 15.3 Å². The lowest BCUT2D eigenvalue weighted by Gasteiger charge is -2.30. The van der Waals surface area contributed by atoms with Crippen LogP contribution in [-0.4, -0.2) is 30.8 Å². The first kappa shape index (κ1) is 16.7. The zero-order valence-corrected chi connectivity index (χ0v) is 14.1. The Morgan fingerprint density at radius 2 is 2.00 bits per heavy atom. The van der Waals surface area contributed by atoms with Gasteiger partial charge in [-0.25, -0.2) is 4.39 Å². The highest BCUT2D eigenvalue weighted by molar-refractivity contribution is 5.49. The largest absolute Gasteiger partial charge is 0.396 e. The van der Waals surface area contributed by atoms with Crippen molar-refractivity contribution in [3.63, 3.8) is 0 Å². The molecule has 0 amide bonds. The van der Waals surface area contributed by atoms with Crippen LogP contribution in [0.4, 0.5) is 10.1 Å². The molecule has 1 saturated carbocycles. The minimum Gasteiger partial charge on any atom is -0.396 e. The third-order valence-electron chi connectivity index (χ3n) is 5.26. The molecule has 2 N–H and O–H groups in total. The summed E-state index contributed by atoms with van der Waals surface area (Å²) in [5, 5.41) is 12.8.